The van der Waals surface area contributed by atoms with Crippen molar-refractivity contribution in [3.63, 3.8) is 0 Å². The minimum atomic E-state index is 0.132. The summed E-state index contributed by atoms with van der Waals surface area (Å²) in [6, 6.07) is 8.56. The summed E-state index contributed by atoms with van der Waals surface area (Å²) < 4.78 is 0.767. The van der Waals surface area contributed by atoms with Gasteiger partial charge >= 0.3 is 0 Å². The number of hydrogen-bond donors (Lipinski definition) is 1. The monoisotopic (exact) mass is 394 g/mol. The number of thioether (sulfide) groups is 1. The molecule has 5 fully saturated rings. The molecule has 5 aliphatic rings. The Morgan fingerprint density at radius 3 is 2.52 bits per heavy atom. The van der Waals surface area contributed by atoms with E-state index in [2.05, 4.69) is 17.1 Å². The van der Waals surface area contributed by atoms with Gasteiger partial charge in [-0.1, -0.05) is 42.2 Å². The van der Waals surface area contributed by atoms with Gasteiger partial charge in [-0.3, -0.25) is 9.69 Å². The first-order chi connectivity index (χ1) is 13.2. The van der Waals surface area contributed by atoms with Crippen molar-refractivity contribution in [1.82, 2.24) is 9.88 Å². The third kappa shape index (κ3) is 2.47. The summed E-state index contributed by atoms with van der Waals surface area (Å²) in [4.78, 5) is 19.4. The van der Waals surface area contributed by atoms with Crippen LogP contribution in [0, 0.1) is 23.7 Å². The van der Waals surface area contributed by atoms with E-state index in [1.807, 2.05) is 29.3 Å². The number of H-pyrrole nitrogens is 1. The molecule has 4 saturated carbocycles. The Balaban J connectivity index is 1.33. The lowest BCUT2D eigenvalue weighted by Crippen LogP contribution is -2.57. The van der Waals surface area contributed by atoms with E-state index < -0.39 is 0 Å². The summed E-state index contributed by atoms with van der Waals surface area (Å²) in [6.45, 7) is 0. The summed E-state index contributed by atoms with van der Waals surface area (Å²) in [5, 5.41) is 1.15. The van der Waals surface area contributed by atoms with E-state index >= 15 is 0 Å². The molecule has 2 heterocycles. The average molecular weight is 395 g/mol. The zero-order chi connectivity index (χ0) is 18.1. The van der Waals surface area contributed by atoms with Crippen LogP contribution in [0.4, 0.5) is 0 Å². The second-order valence-corrected chi connectivity index (χ2v) is 10.4. The number of benzene rings is 1. The molecule has 1 aromatic heterocycles. The van der Waals surface area contributed by atoms with Crippen molar-refractivity contribution < 1.29 is 4.79 Å². The van der Waals surface area contributed by atoms with Gasteiger partial charge in [-0.25, -0.2) is 0 Å². The van der Waals surface area contributed by atoms with Gasteiger partial charge in [0.25, 0.3) is 5.91 Å². The molecule has 0 spiro atoms. The molecule has 1 aromatic carbocycles. The molecular weight excluding hydrogens is 372 g/mol. The van der Waals surface area contributed by atoms with Gasteiger partial charge in [0.2, 0.25) is 0 Å². The van der Waals surface area contributed by atoms with E-state index in [1.165, 1.54) is 43.9 Å². The summed E-state index contributed by atoms with van der Waals surface area (Å²) in [5.41, 5.74) is 2.16. The number of para-hydroxylation sites is 1. The van der Waals surface area contributed by atoms with Gasteiger partial charge in [0.15, 0.2) is 0 Å². The number of hydrogen-bond acceptors (Lipinski definition) is 3. The maximum Gasteiger partial charge on any atom is 0.266 e. The van der Waals surface area contributed by atoms with Crippen LogP contribution in [0.5, 0.6) is 0 Å². The van der Waals surface area contributed by atoms with Crippen LogP contribution in [0.25, 0.3) is 17.0 Å². The number of thiocarbonyl (C=S) groups is 1. The highest BCUT2D eigenvalue weighted by Crippen LogP contribution is 2.56. The molecule has 3 nitrogen and oxygen atoms in total. The topological polar surface area (TPSA) is 36.1 Å². The number of amides is 1. The van der Waals surface area contributed by atoms with Crippen molar-refractivity contribution in [2.75, 3.05) is 0 Å². The number of fused-ring (bicyclic) bond motifs is 1. The maximum atomic E-state index is 13.3. The highest BCUT2D eigenvalue weighted by atomic mass is 32.2. The van der Waals surface area contributed by atoms with Crippen LogP contribution in [-0.4, -0.2) is 26.2 Å². The van der Waals surface area contributed by atoms with Crippen molar-refractivity contribution in [1.29, 1.82) is 0 Å². The summed E-state index contributed by atoms with van der Waals surface area (Å²) in [7, 11) is 0. The molecule has 7 rings (SSSR count). The Bertz CT molecular complexity index is 963. The first-order valence-corrected chi connectivity index (χ1v) is 11.2. The van der Waals surface area contributed by atoms with Crippen molar-refractivity contribution in [3.8, 4) is 0 Å². The van der Waals surface area contributed by atoms with Gasteiger partial charge < -0.3 is 4.98 Å². The first-order valence-electron chi connectivity index (χ1n) is 10.0. The lowest BCUT2D eigenvalue weighted by molar-refractivity contribution is -0.130. The molecular formula is C22H22N2OS2. The molecule has 27 heavy (non-hydrogen) atoms. The fraction of sp³-hybridized carbons (Fsp3) is 0.455. The van der Waals surface area contributed by atoms with Gasteiger partial charge in [0.1, 0.15) is 4.32 Å². The van der Waals surface area contributed by atoms with Crippen LogP contribution >= 0.6 is 24.0 Å². The summed E-state index contributed by atoms with van der Waals surface area (Å²) >= 11 is 7.19. The lowest BCUT2D eigenvalue weighted by Gasteiger charge is -2.56. The highest BCUT2D eigenvalue weighted by Gasteiger charge is 2.53. The zero-order valence-electron chi connectivity index (χ0n) is 15.1. The molecule has 4 aliphatic carbocycles. The molecule has 0 radical (unpaired) electrons. The second-order valence-electron chi connectivity index (χ2n) is 8.76. The Kier molecular flexibility index (Phi) is 3.61. The Hall–Kier alpha value is -1.59. The molecule has 5 heteroatoms. The van der Waals surface area contributed by atoms with Crippen molar-refractivity contribution in [2.45, 2.75) is 38.1 Å². The van der Waals surface area contributed by atoms with E-state index in [0.29, 0.717) is 17.9 Å². The fourth-order valence-corrected chi connectivity index (χ4v) is 7.75. The van der Waals surface area contributed by atoms with E-state index in [9.17, 15) is 4.79 Å². The Morgan fingerprint density at radius 1 is 1.07 bits per heavy atom. The van der Waals surface area contributed by atoms with E-state index in [-0.39, 0.29) is 5.91 Å². The number of nitrogens with one attached hydrogen (secondary N) is 1. The summed E-state index contributed by atoms with van der Waals surface area (Å²) in [5.74, 6) is 3.27. The number of carbonyl (C=O) groups excluding carboxylic acids is 1. The van der Waals surface area contributed by atoms with Gasteiger partial charge in [-0.2, -0.15) is 0 Å². The van der Waals surface area contributed by atoms with Crippen LogP contribution in [0.15, 0.2) is 35.4 Å². The minimum Gasteiger partial charge on any atom is -0.361 e. The van der Waals surface area contributed by atoms with Crippen LogP contribution in [-0.2, 0) is 4.79 Å². The third-order valence-electron chi connectivity index (χ3n) is 7.21. The second kappa shape index (κ2) is 5.95. The molecule has 2 aromatic rings. The average Bonchev–Trinajstić information content (AvgIpc) is 3.17. The number of aromatic amines is 1. The highest BCUT2D eigenvalue weighted by molar-refractivity contribution is 8.26. The van der Waals surface area contributed by atoms with E-state index in [0.717, 1.165) is 37.5 Å². The molecule has 0 unspecified atom stereocenters. The quantitative estimate of drug-likeness (QED) is 0.562. The largest absolute Gasteiger partial charge is 0.361 e. The Labute approximate surface area is 168 Å². The normalized spacial score (nSPS) is 36.5. The molecule has 4 bridgehead atoms. The standard InChI is InChI=1S/C22H22N2OS2/c25-21-19(10-16-11-23-18-4-2-1-3-17(16)18)27-22(26)24(21)20-14-6-12-5-13(8-14)9-15(20)7-12/h1-4,10-15,20,23H,5-9H2/b19-10-. The zero-order valence-corrected chi connectivity index (χ0v) is 16.7. The van der Waals surface area contributed by atoms with Crippen LogP contribution in [0.3, 0.4) is 0 Å². The smallest absolute Gasteiger partial charge is 0.266 e. The predicted octanol–water partition coefficient (Wildman–Crippen LogP) is 5.19. The SMILES string of the molecule is O=C1/C(=C/c2c[nH]c3ccccc23)SC(=S)N1C1C2CC3CC(C2)CC1C3. The van der Waals surface area contributed by atoms with Crippen LogP contribution < -0.4 is 0 Å². The Morgan fingerprint density at radius 2 is 1.78 bits per heavy atom. The predicted molar refractivity (Wildman–Crippen MR) is 114 cm³/mol. The molecule has 138 valence electrons. The summed E-state index contributed by atoms with van der Waals surface area (Å²) in [6.07, 6.45) is 10.6. The minimum absolute atomic E-state index is 0.132. The maximum absolute atomic E-state index is 13.3. The van der Waals surface area contributed by atoms with Crippen LogP contribution in [0.1, 0.15) is 37.7 Å². The lowest BCUT2D eigenvalue weighted by atomic mass is 9.54. The first kappa shape index (κ1) is 16.4. The van der Waals surface area contributed by atoms with E-state index in [1.54, 1.807) is 0 Å². The molecule has 1 N–H and O–H groups in total. The number of rotatable bonds is 2. The number of aromatic nitrogens is 1. The van der Waals surface area contributed by atoms with Gasteiger partial charge in [0.05, 0.1) is 4.91 Å². The van der Waals surface area contributed by atoms with Crippen molar-refractivity contribution >= 4 is 51.2 Å². The molecule has 0 atom stereocenters. The number of carbonyl (C=O) groups is 1. The van der Waals surface area contributed by atoms with Gasteiger partial charge in [0, 0.05) is 28.7 Å². The number of nitrogens with zero attached hydrogens (tertiary/aromatic N) is 1. The van der Waals surface area contributed by atoms with Crippen molar-refractivity contribution in [2.24, 2.45) is 23.7 Å². The van der Waals surface area contributed by atoms with Crippen LogP contribution in [0.2, 0.25) is 0 Å². The van der Waals surface area contributed by atoms with Gasteiger partial charge in [-0.15, -0.1) is 0 Å². The molecule has 1 amide bonds. The third-order valence-corrected chi connectivity index (χ3v) is 8.54. The fourth-order valence-electron chi connectivity index (χ4n) is 6.41. The van der Waals surface area contributed by atoms with E-state index in [4.69, 9.17) is 12.2 Å². The van der Waals surface area contributed by atoms with Gasteiger partial charge in [-0.05, 0) is 67.9 Å². The van der Waals surface area contributed by atoms with Crippen molar-refractivity contribution in [3.05, 3.63) is 40.9 Å². The molecule has 1 saturated heterocycles. The molecule has 1 aliphatic heterocycles.